The zero-order valence-corrected chi connectivity index (χ0v) is 12.2. The van der Waals surface area contributed by atoms with Crippen LogP contribution in [0.25, 0.3) is 0 Å². The van der Waals surface area contributed by atoms with E-state index >= 15 is 0 Å². The number of anilines is 1. The Morgan fingerprint density at radius 1 is 1.16 bits per heavy atom. The van der Waals surface area contributed by atoms with E-state index in [1.54, 1.807) is 25.1 Å². The normalized spacial score (nSPS) is 10.3. The number of rotatable bonds is 2. The van der Waals surface area contributed by atoms with Crippen LogP contribution in [0.5, 0.6) is 0 Å². The van der Waals surface area contributed by atoms with Gasteiger partial charge in [0.15, 0.2) is 0 Å². The van der Waals surface area contributed by atoms with Crippen molar-refractivity contribution in [2.24, 2.45) is 0 Å². The summed E-state index contributed by atoms with van der Waals surface area (Å²) in [6.07, 6.45) is 0. The third-order valence-corrected chi connectivity index (χ3v) is 3.74. The number of halogens is 2. The second-order valence-electron chi connectivity index (χ2n) is 4.35. The van der Waals surface area contributed by atoms with E-state index in [2.05, 4.69) is 21.2 Å². The van der Waals surface area contributed by atoms with Crippen molar-refractivity contribution in [2.45, 2.75) is 13.8 Å². The molecule has 1 N–H and O–H groups in total. The quantitative estimate of drug-likeness (QED) is 0.869. The zero-order chi connectivity index (χ0) is 14.0. The maximum Gasteiger partial charge on any atom is 0.258 e. The van der Waals surface area contributed by atoms with Gasteiger partial charge in [0.25, 0.3) is 5.91 Å². The van der Waals surface area contributed by atoms with Gasteiger partial charge in [0, 0.05) is 10.2 Å². The highest BCUT2D eigenvalue weighted by molar-refractivity contribution is 9.10. The first-order valence-electron chi connectivity index (χ1n) is 5.81. The van der Waals surface area contributed by atoms with E-state index in [0.29, 0.717) is 11.3 Å². The molecule has 2 aromatic carbocycles. The molecule has 2 nitrogen and oxygen atoms in total. The van der Waals surface area contributed by atoms with Gasteiger partial charge in [-0.25, -0.2) is 4.39 Å². The minimum Gasteiger partial charge on any atom is -0.322 e. The molecule has 4 heteroatoms. The van der Waals surface area contributed by atoms with Crippen molar-refractivity contribution in [2.75, 3.05) is 5.32 Å². The summed E-state index contributed by atoms with van der Waals surface area (Å²) < 4.78 is 14.8. The summed E-state index contributed by atoms with van der Waals surface area (Å²) in [7, 11) is 0. The molecular weight excluding hydrogens is 309 g/mol. The van der Waals surface area contributed by atoms with E-state index in [-0.39, 0.29) is 5.56 Å². The fourth-order valence-corrected chi connectivity index (χ4v) is 1.99. The molecule has 0 saturated heterocycles. The molecule has 2 rings (SSSR count). The summed E-state index contributed by atoms with van der Waals surface area (Å²) in [5.41, 5.74) is 2.16. The molecule has 0 heterocycles. The van der Waals surface area contributed by atoms with Crippen molar-refractivity contribution in [1.29, 1.82) is 0 Å². The monoisotopic (exact) mass is 321 g/mol. The van der Waals surface area contributed by atoms with Gasteiger partial charge in [-0.15, -0.1) is 0 Å². The maximum absolute atomic E-state index is 13.8. The summed E-state index contributed by atoms with van der Waals surface area (Å²) in [6, 6.07) is 10.2. The number of hydrogen-bond acceptors (Lipinski definition) is 1. The van der Waals surface area contributed by atoms with Gasteiger partial charge in [-0.2, -0.15) is 0 Å². The predicted octanol–water partition coefficient (Wildman–Crippen LogP) is 4.46. The number of aryl methyl sites for hydroxylation is 2. The Morgan fingerprint density at radius 2 is 1.89 bits per heavy atom. The molecule has 0 saturated carbocycles. The van der Waals surface area contributed by atoms with Crippen molar-refractivity contribution in [3.63, 3.8) is 0 Å². The average Bonchev–Trinajstić information content (AvgIpc) is 2.37. The Kier molecular flexibility index (Phi) is 4.00. The lowest BCUT2D eigenvalue weighted by molar-refractivity contribution is 0.102. The molecule has 0 radical (unpaired) electrons. The Hall–Kier alpha value is -1.68. The van der Waals surface area contributed by atoms with E-state index in [4.69, 9.17) is 0 Å². The number of nitrogens with one attached hydrogen (secondary N) is 1. The number of hydrogen-bond donors (Lipinski definition) is 1. The van der Waals surface area contributed by atoms with E-state index < -0.39 is 11.7 Å². The van der Waals surface area contributed by atoms with Gasteiger partial charge < -0.3 is 5.32 Å². The van der Waals surface area contributed by atoms with Crippen LogP contribution in [0.1, 0.15) is 21.5 Å². The van der Waals surface area contributed by atoms with Crippen molar-refractivity contribution >= 4 is 27.5 Å². The summed E-state index contributed by atoms with van der Waals surface area (Å²) in [6.45, 7) is 3.56. The van der Waals surface area contributed by atoms with E-state index in [0.717, 1.165) is 10.0 Å². The molecule has 0 bridgehead atoms. The van der Waals surface area contributed by atoms with Crippen LogP contribution in [0.2, 0.25) is 0 Å². The molecule has 0 aliphatic heterocycles. The molecule has 0 spiro atoms. The highest BCUT2D eigenvalue weighted by Gasteiger charge is 2.13. The molecular formula is C15H13BrFNO. The van der Waals surface area contributed by atoms with Crippen LogP contribution in [-0.2, 0) is 0 Å². The van der Waals surface area contributed by atoms with Crippen LogP contribution in [0.3, 0.4) is 0 Å². The first kappa shape index (κ1) is 13.7. The number of amides is 1. The van der Waals surface area contributed by atoms with Gasteiger partial charge in [0.1, 0.15) is 5.82 Å². The van der Waals surface area contributed by atoms with Gasteiger partial charge in [-0.1, -0.05) is 28.1 Å². The summed E-state index contributed by atoms with van der Waals surface area (Å²) in [5.74, 6) is -0.920. The lowest BCUT2D eigenvalue weighted by Gasteiger charge is -2.08. The fraction of sp³-hybridized carbons (Fsp3) is 0.133. The van der Waals surface area contributed by atoms with Gasteiger partial charge in [0.05, 0.1) is 5.56 Å². The molecule has 0 aliphatic rings. The number of carbonyl (C=O) groups is 1. The molecule has 0 aromatic heterocycles. The minimum atomic E-state index is -0.478. The van der Waals surface area contributed by atoms with E-state index in [1.807, 2.05) is 19.1 Å². The smallest absolute Gasteiger partial charge is 0.258 e. The molecule has 0 atom stereocenters. The average molecular weight is 322 g/mol. The number of benzene rings is 2. The largest absolute Gasteiger partial charge is 0.322 e. The van der Waals surface area contributed by atoms with Crippen molar-refractivity contribution in [1.82, 2.24) is 0 Å². The van der Waals surface area contributed by atoms with Crippen molar-refractivity contribution in [3.05, 3.63) is 63.4 Å². The molecule has 19 heavy (non-hydrogen) atoms. The summed E-state index contributed by atoms with van der Waals surface area (Å²) >= 11 is 3.39. The maximum atomic E-state index is 13.8. The lowest BCUT2D eigenvalue weighted by atomic mass is 10.1. The van der Waals surface area contributed by atoms with Crippen LogP contribution < -0.4 is 5.32 Å². The first-order chi connectivity index (χ1) is 8.99. The predicted molar refractivity (Wildman–Crippen MR) is 78.0 cm³/mol. The topological polar surface area (TPSA) is 29.1 Å². The second-order valence-corrected chi connectivity index (χ2v) is 5.21. The standard InChI is InChI=1S/C15H13BrFNO/c1-9-4-3-5-12(14(9)17)15(19)18-11-6-7-13(16)10(2)8-11/h3-8H,1-2H3,(H,18,19). The Labute approximate surface area is 119 Å². The SMILES string of the molecule is Cc1cc(NC(=O)c2cccc(C)c2F)ccc1Br. The Bertz CT molecular complexity index is 640. The van der Waals surface area contributed by atoms with Crippen molar-refractivity contribution in [3.8, 4) is 0 Å². The first-order valence-corrected chi connectivity index (χ1v) is 6.61. The van der Waals surface area contributed by atoms with E-state index in [1.165, 1.54) is 6.07 Å². The number of carbonyl (C=O) groups excluding carboxylic acids is 1. The van der Waals surface area contributed by atoms with Crippen molar-refractivity contribution < 1.29 is 9.18 Å². The zero-order valence-electron chi connectivity index (χ0n) is 10.6. The fourth-order valence-electron chi connectivity index (χ4n) is 1.74. The third-order valence-electron chi connectivity index (χ3n) is 2.85. The van der Waals surface area contributed by atoms with Crippen LogP contribution in [0, 0.1) is 19.7 Å². The van der Waals surface area contributed by atoms with Crippen LogP contribution in [0.15, 0.2) is 40.9 Å². The molecule has 1 amide bonds. The second kappa shape index (κ2) is 5.53. The van der Waals surface area contributed by atoms with Gasteiger partial charge in [-0.3, -0.25) is 4.79 Å². The van der Waals surface area contributed by atoms with Crippen LogP contribution in [0.4, 0.5) is 10.1 Å². The summed E-state index contributed by atoms with van der Waals surface area (Å²) in [5, 5.41) is 2.69. The molecule has 0 fully saturated rings. The lowest BCUT2D eigenvalue weighted by Crippen LogP contribution is -2.14. The van der Waals surface area contributed by atoms with Gasteiger partial charge >= 0.3 is 0 Å². The molecule has 0 unspecified atom stereocenters. The van der Waals surface area contributed by atoms with E-state index in [9.17, 15) is 9.18 Å². The minimum absolute atomic E-state index is 0.0561. The highest BCUT2D eigenvalue weighted by Crippen LogP contribution is 2.21. The molecule has 98 valence electrons. The molecule has 2 aromatic rings. The Morgan fingerprint density at radius 3 is 2.58 bits per heavy atom. The Balaban J connectivity index is 2.26. The van der Waals surface area contributed by atoms with Gasteiger partial charge in [0.2, 0.25) is 0 Å². The van der Waals surface area contributed by atoms with Gasteiger partial charge in [-0.05, 0) is 49.2 Å². The highest BCUT2D eigenvalue weighted by atomic mass is 79.9. The summed E-state index contributed by atoms with van der Waals surface area (Å²) in [4.78, 5) is 12.0. The third kappa shape index (κ3) is 3.01. The molecule has 0 aliphatic carbocycles. The van der Waals surface area contributed by atoms with Crippen LogP contribution in [-0.4, -0.2) is 5.91 Å². The van der Waals surface area contributed by atoms with Crippen LogP contribution >= 0.6 is 15.9 Å².